The molecule has 0 aliphatic carbocycles. The fourth-order valence-corrected chi connectivity index (χ4v) is 5.11. The molecule has 0 aliphatic heterocycles. The Hall–Kier alpha value is -1.71. The number of hydrogen-bond donors (Lipinski definition) is 0. The van der Waals surface area contributed by atoms with Crippen molar-refractivity contribution in [2.75, 3.05) is 32.8 Å². The first-order chi connectivity index (χ1) is 17.9. The first-order valence-electron chi connectivity index (χ1n) is 15.3. The van der Waals surface area contributed by atoms with Crippen LogP contribution in [-0.4, -0.2) is 43.4 Å². The molecule has 0 aromatic heterocycles. The van der Waals surface area contributed by atoms with Crippen LogP contribution in [0.4, 0.5) is 0 Å². The maximum atomic E-state index is 6.74. The van der Waals surface area contributed by atoms with Crippen molar-refractivity contribution in [2.45, 2.75) is 118 Å². The van der Waals surface area contributed by atoms with E-state index < -0.39 is 0 Å². The largest absolute Gasteiger partial charge is 1.00 e. The molecule has 4 heteroatoms. The van der Waals surface area contributed by atoms with Crippen LogP contribution in [0.2, 0.25) is 0 Å². The molecule has 1 atom stereocenters. The van der Waals surface area contributed by atoms with Crippen LogP contribution in [0.15, 0.2) is 48.5 Å². The molecular formula is C35H58ClNO2. The van der Waals surface area contributed by atoms with Gasteiger partial charge in [0.2, 0.25) is 0 Å². The molecule has 0 bridgehead atoms. The Labute approximate surface area is 247 Å². The Bertz CT molecular complexity index is 888. The van der Waals surface area contributed by atoms with Gasteiger partial charge >= 0.3 is 0 Å². The van der Waals surface area contributed by atoms with Crippen molar-refractivity contribution in [3.05, 3.63) is 59.7 Å². The van der Waals surface area contributed by atoms with Crippen molar-refractivity contribution in [3.63, 3.8) is 0 Å². The van der Waals surface area contributed by atoms with Crippen LogP contribution in [0.25, 0.3) is 0 Å². The predicted molar refractivity (Wildman–Crippen MR) is 165 cm³/mol. The Balaban J connectivity index is 0.00000760. The van der Waals surface area contributed by atoms with Gasteiger partial charge in [-0.2, -0.15) is 0 Å². The van der Waals surface area contributed by atoms with Crippen LogP contribution in [0.1, 0.15) is 112 Å². The van der Waals surface area contributed by atoms with E-state index >= 15 is 0 Å². The average Bonchev–Trinajstić information content (AvgIpc) is 2.87. The van der Waals surface area contributed by atoms with E-state index in [9.17, 15) is 0 Å². The molecule has 0 radical (unpaired) electrons. The van der Waals surface area contributed by atoms with Crippen molar-refractivity contribution in [1.82, 2.24) is 0 Å². The van der Waals surface area contributed by atoms with Gasteiger partial charge in [-0.05, 0) is 65.5 Å². The van der Waals surface area contributed by atoms with E-state index in [1.54, 1.807) is 0 Å². The zero-order chi connectivity index (χ0) is 28.2. The number of nitrogens with zero attached hydrogens (tertiary/aromatic N) is 1. The van der Waals surface area contributed by atoms with Crippen LogP contribution < -0.4 is 21.9 Å². The van der Waals surface area contributed by atoms with Crippen molar-refractivity contribution < 1.29 is 26.4 Å². The molecule has 0 spiro atoms. The summed E-state index contributed by atoms with van der Waals surface area (Å²) in [5.74, 6) is 1.86. The summed E-state index contributed by atoms with van der Waals surface area (Å²) in [5, 5.41) is 0. The number of unbranched alkanes of at least 4 members (excludes halogenated alkanes) is 3. The molecule has 0 saturated carbocycles. The third-order valence-electron chi connectivity index (χ3n) is 7.73. The Morgan fingerprint density at radius 3 is 1.36 bits per heavy atom. The lowest BCUT2D eigenvalue weighted by Gasteiger charge is -2.41. The van der Waals surface area contributed by atoms with Gasteiger partial charge in [-0.15, -0.1) is 0 Å². The Kier molecular flexibility index (Phi) is 15.0. The lowest BCUT2D eigenvalue weighted by Crippen LogP contribution is -3.00. The normalized spacial score (nSPS) is 13.1. The van der Waals surface area contributed by atoms with Gasteiger partial charge in [-0.25, -0.2) is 0 Å². The van der Waals surface area contributed by atoms with Gasteiger partial charge in [0.25, 0.3) is 0 Å². The van der Waals surface area contributed by atoms with Crippen LogP contribution in [0, 0.1) is 0 Å². The Morgan fingerprint density at radius 1 is 0.615 bits per heavy atom. The molecule has 0 saturated heterocycles. The minimum absolute atomic E-state index is 0. The molecular weight excluding hydrogens is 502 g/mol. The van der Waals surface area contributed by atoms with Gasteiger partial charge in [0, 0.05) is 0 Å². The molecule has 0 fully saturated rings. The molecule has 222 valence electrons. The van der Waals surface area contributed by atoms with Gasteiger partial charge in [0.1, 0.15) is 24.7 Å². The summed E-state index contributed by atoms with van der Waals surface area (Å²) >= 11 is 0. The van der Waals surface area contributed by atoms with Gasteiger partial charge in [-0.3, -0.25) is 0 Å². The summed E-state index contributed by atoms with van der Waals surface area (Å²) in [4.78, 5) is 0. The number of ether oxygens (including phenoxy) is 2. The van der Waals surface area contributed by atoms with E-state index in [-0.39, 0.29) is 29.3 Å². The second-order valence-electron chi connectivity index (χ2n) is 13.4. The number of rotatable bonds is 16. The average molecular weight is 560 g/mol. The fourth-order valence-electron chi connectivity index (χ4n) is 5.11. The molecule has 0 aliphatic rings. The van der Waals surface area contributed by atoms with Crippen LogP contribution in [0.3, 0.4) is 0 Å². The lowest BCUT2D eigenvalue weighted by atomic mass is 9.87. The zero-order valence-corrected chi connectivity index (χ0v) is 27.4. The SMILES string of the molecule is CCCC[N+](CCCC)(CCCC)CC(COc1ccc(C(C)(C)C)cc1)Oc1ccc(C(C)(C)C)cc1.[Cl-]. The van der Waals surface area contributed by atoms with Crippen LogP contribution >= 0.6 is 0 Å². The maximum Gasteiger partial charge on any atom is 0.181 e. The zero-order valence-electron chi connectivity index (χ0n) is 26.6. The Morgan fingerprint density at radius 2 is 1.00 bits per heavy atom. The molecule has 1 unspecified atom stereocenters. The molecule has 0 heterocycles. The molecule has 2 aromatic carbocycles. The highest BCUT2D eigenvalue weighted by Crippen LogP contribution is 2.27. The monoisotopic (exact) mass is 559 g/mol. The lowest BCUT2D eigenvalue weighted by molar-refractivity contribution is -0.931. The maximum absolute atomic E-state index is 6.74. The smallest absolute Gasteiger partial charge is 0.181 e. The van der Waals surface area contributed by atoms with Crippen LogP contribution in [0.5, 0.6) is 11.5 Å². The van der Waals surface area contributed by atoms with E-state index in [1.165, 1.54) is 69.3 Å². The third kappa shape index (κ3) is 12.1. The summed E-state index contributed by atoms with van der Waals surface area (Å²) in [5.41, 5.74) is 2.92. The topological polar surface area (TPSA) is 18.5 Å². The minimum atomic E-state index is -0.0108. The quantitative estimate of drug-likeness (QED) is 0.224. The minimum Gasteiger partial charge on any atom is -1.00 e. The van der Waals surface area contributed by atoms with Gasteiger partial charge in [-0.1, -0.05) is 106 Å². The van der Waals surface area contributed by atoms with Crippen molar-refractivity contribution >= 4 is 0 Å². The van der Waals surface area contributed by atoms with E-state index in [0.29, 0.717) is 6.61 Å². The molecule has 0 amide bonds. The van der Waals surface area contributed by atoms with Crippen molar-refractivity contribution in [2.24, 2.45) is 0 Å². The second-order valence-corrected chi connectivity index (χ2v) is 13.4. The summed E-state index contributed by atoms with van der Waals surface area (Å²) in [6, 6.07) is 17.3. The molecule has 3 nitrogen and oxygen atoms in total. The number of hydrogen-bond acceptors (Lipinski definition) is 2. The predicted octanol–water partition coefficient (Wildman–Crippen LogP) is 6.33. The first-order valence-corrected chi connectivity index (χ1v) is 15.3. The van der Waals surface area contributed by atoms with E-state index in [0.717, 1.165) is 22.5 Å². The molecule has 39 heavy (non-hydrogen) atoms. The van der Waals surface area contributed by atoms with E-state index in [4.69, 9.17) is 9.47 Å². The van der Waals surface area contributed by atoms with Gasteiger partial charge in [0.15, 0.2) is 6.10 Å². The summed E-state index contributed by atoms with van der Waals surface area (Å²) < 4.78 is 14.3. The number of benzene rings is 2. The van der Waals surface area contributed by atoms with E-state index in [1.807, 2.05) is 0 Å². The second kappa shape index (κ2) is 16.5. The van der Waals surface area contributed by atoms with Gasteiger partial charge in [0.05, 0.1) is 19.6 Å². The summed E-state index contributed by atoms with van der Waals surface area (Å²) in [6.45, 7) is 25.6. The van der Waals surface area contributed by atoms with Crippen molar-refractivity contribution in [1.29, 1.82) is 0 Å². The van der Waals surface area contributed by atoms with Crippen molar-refractivity contribution in [3.8, 4) is 11.5 Å². The van der Waals surface area contributed by atoms with Crippen LogP contribution in [-0.2, 0) is 10.8 Å². The third-order valence-corrected chi connectivity index (χ3v) is 7.73. The highest BCUT2D eigenvalue weighted by atomic mass is 35.5. The molecule has 2 aromatic rings. The summed E-state index contributed by atoms with van der Waals surface area (Å²) in [6.07, 6.45) is 7.46. The van der Waals surface area contributed by atoms with Gasteiger partial charge < -0.3 is 26.4 Å². The summed E-state index contributed by atoms with van der Waals surface area (Å²) in [7, 11) is 0. The standard InChI is InChI=1S/C35H58NO2.ClH/c1-10-13-24-36(25-14-11-2,26-15-12-3)27-33(38-32-22-18-30(19-23-32)35(7,8)9)28-37-31-20-16-29(17-21-31)34(4,5)6;/h16-23,33H,10-15,24-28H2,1-9H3;1H/q+1;/p-1. The number of halogens is 1. The highest BCUT2D eigenvalue weighted by Gasteiger charge is 2.31. The highest BCUT2D eigenvalue weighted by molar-refractivity contribution is 5.32. The molecule has 0 N–H and O–H groups in total. The fraction of sp³-hybridized carbons (Fsp3) is 0.657. The van der Waals surface area contributed by atoms with E-state index in [2.05, 4.69) is 111 Å². The first kappa shape index (κ1) is 35.3. The number of quaternary nitrogens is 1. The molecule has 2 rings (SSSR count).